The molecule has 1 aliphatic heterocycles. The second-order valence-electron chi connectivity index (χ2n) is 7.52. The van der Waals surface area contributed by atoms with Crippen molar-refractivity contribution in [2.75, 3.05) is 7.11 Å². The number of halogens is 1. The van der Waals surface area contributed by atoms with Gasteiger partial charge in [0.1, 0.15) is 11.5 Å². The lowest BCUT2D eigenvalue weighted by atomic mass is 9.94. The molecule has 1 saturated heterocycles. The summed E-state index contributed by atoms with van der Waals surface area (Å²) in [5.41, 5.74) is 2.79. The van der Waals surface area contributed by atoms with E-state index in [0.717, 1.165) is 21.2 Å². The second kappa shape index (κ2) is 8.96. The number of aryl methyl sites for hydroxylation is 1. The number of aromatic nitrogens is 1. The minimum atomic E-state index is -0.732. The molecule has 1 aromatic heterocycles. The third-order valence-electron chi connectivity index (χ3n) is 5.49. The number of pyridine rings is 1. The molecular formula is C25H21BrN2O4. The molecule has 2 aromatic carbocycles. The van der Waals surface area contributed by atoms with Gasteiger partial charge in [0, 0.05) is 29.0 Å². The third-order valence-corrected chi connectivity index (χ3v) is 6.02. The number of ketones is 1. The summed E-state index contributed by atoms with van der Waals surface area (Å²) < 4.78 is 6.11. The topological polar surface area (TPSA) is 79.7 Å². The maximum Gasteiger partial charge on any atom is 0.295 e. The Hall–Kier alpha value is -3.45. The summed E-state index contributed by atoms with van der Waals surface area (Å²) in [5, 5.41) is 11.2. The van der Waals surface area contributed by atoms with Gasteiger partial charge in [-0.3, -0.25) is 14.6 Å². The van der Waals surface area contributed by atoms with Crippen LogP contribution in [0.2, 0.25) is 0 Å². The summed E-state index contributed by atoms with van der Waals surface area (Å²) in [5.74, 6) is -0.935. The number of likely N-dealkylation sites (tertiary alicyclic amines) is 1. The van der Waals surface area contributed by atoms with Gasteiger partial charge in [-0.15, -0.1) is 0 Å². The molecule has 2 heterocycles. The Balaban J connectivity index is 1.87. The molecule has 0 aliphatic carbocycles. The van der Waals surface area contributed by atoms with Crippen molar-refractivity contribution in [1.29, 1.82) is 0 Å². The van der Waals surface area contributed by atoms with Gasteiger partial charge < -0.3 is 14.7 Å². The SMILES string of the molecule is COc1ccc(/C(O)=C2\C(=O)C(=O)N(Cc3cccnc3)[C@@H]2c2ccc(Br)cc2)c(C)c1. The molecule has 0 saturated carbocycles. The van der Waals surface area contributed by atoms with Crippen LogP contribution in [0, 0.1) is 6.92 Å². The fraction of sp³-hybridized carbons (Fsp3) is 0.160. The number of rotatable bonds is 5. The predicted molar refractivity (Wildman–Crippen MR) is 124 cm³/mol. The van der Waals surface area contributed by atoms with E-state index in [0.29, 0.717) is 11.3 Å². The molecule has 0 bridgehead atoms. The summed E-state index contributed by atoms with van der Waals surface area (Å²) in [4.78, 5) is 31.8. The molecule has 0 unspecified atom stereocenters. The summed E-state index contributed by atoms with van der Waals surface area (Å²) in [6.45, 7) is 2.01. The van der Waals surface area contributed by atoms with Gasteiger partial charge in [-0.1, -0.05) is 34.1 Å². The van der Waals surface area contributed by atoms with Crippen LogP contribution in [0.15, 0.2) is 77.0 Å². The zero-order valence-corrected chi connectivity index (χ0v) is 19.2. The number of ether oxygens (including phenoxy) is 1. The Morgan fingerprint density at radius 3 is 2.53 bits per heavy atom. The van der Waals surface area contributed by atoms with Gasteiger partial charge >= 0.3 is 0 Å². The molecule has 1 amide bonds. The van der Waals surface area contributed by atoms with E-state index in [-0.39, 0.29) is 17.9 Å². The molecule has 7 heteroatoms. The molecule has 3 aromatic rings. The highest BCUT2D eigenvalue weighted by Gasteiger charge is 2.46. The van der Waals surface area contributed by atoms with Crippen molar-refractivity contribution in [3.63, 3.8) is 0 Å². The first-order valence-corrected chi connectivity index (χ1v) is 10.8. The average molecular weight is 493 g/mol. The van der Waals surface area contributed by atoms with Crippen molar-refractivity contribution >= 4 is 33.4 Å². The number of hydrogen-bond donors (Lipinski definition) is 1. The number of aliphatic hydroxyl groups is 1. The molecule has 1 N–H and O–H groups in total. The molecule has 1 fully saturated rings. The van der Waals surface area contributed by atoms with Crippen molar-refractivity contribution < 1.29 is 19.4 Å². The monoisotopic (exact) mass is 492 g/mol. The Morgan fingerprint density at radius 2 is 1.91 bits per heavy atom. The first-order chi connectivity index (χ1) is 15.4. The number of carbonyl (C=O) groups excluding carboxylic acids is 2. The highest BCUT2D eigenvalue weighted by atomic mass is 79.9. The number of hydrogen-bond acceptors (Lipinski definition) is 5. The van der Waals surface area contributed by atoms with Crippen LogP contribution >= 0.6 is 15.9 Å². The summed E-state index contributed by atoms with van der Waals surface area (Å²) in [6.07, 6.45) is 3.31. The van der Waals surface area contributed by atoms with Crippen LogP contribution in [0.25, 0.3) is 5.76 Å². The van der Waals surface area contributed by atoms with Crippen LogP contribution in [-0.2, 0) is 16.1 Å². The third kappa shape index (κ3) is 4.03. The van der Waals surface area contributed by atoms with E-state index in [1.807, 2.05) is 37.3 Å². The van der Waals surface area contributed by atoms with E-state index in [9.17, 15) is 14.7 Å². The fourth-order valence-corrected chi connectivity index (χ4v) is 4.16. The second-order valence-corrected chi connectivity index (χ2v) is 8.44. The molecule has 0 radical (unpaired) electrons. The molecule has 4 rings (SSSR count). The predicted octanol–water partition coefficient (Wildman–Crippen LogP) is 4.78. The van der Waals surface area contributed by atoms with Crippen LogP contribution in [-0.4, -0.2) is 33.8 Å². The van der Waals surface area contributed by atoms with Crippen LogP contribution in [0.1, 0.15) is 28.3 Å². The number of methoxy groups -OCH3 is 1. The molecule has 1 atom stereocenters. The van der Waals surface area contributed by atoms with Gasteiger partial charge in [-0.2, -0.15) is 0 Å². The van der Waals surface area contributed by atoms with E-state index in [1.54, 1.807) is 43.8 Å². The quantitative estimate of drug-likeness (QED) is 0.314. The first-order valence-electron chi connectivity index (χ1n) is 9.98. The van der Waals surface area contributed by atoms with E-state index in [2.05, 4.69) is 20.9 Å². The number of aliphatic hydroxyl groups excluding tert-OH is 1. The summed E-state index contributed by atoms with van der Waals surface area (Å²) >= 11 is 3.42. The van der Waals surface area contributed by atoms with Crippen molar-refractivity contribution in [2.24, 2.45) is 0 Å². The van der Waals surface area contributed by atoms with Crippen LogP contribution in [0.3, 0.4) is 0 Å². The Bertz CT molecular complexity index is 1210. The van der Waals surface area contributed by atoms with Gasteiger partial charge in [0.2, 0.25) is 0 Å². The fourth-order valence-electron chi connectivity index (χ4n) is 3.90. The van der Waals surface area contributed by atoms with Crippen molar-refractivity contribution in [3.05, 3.63) is 99.3 Å². The lowest BCUT2D eigenvalue weighted by molar-refractivity contribution is -0.140. The zero-order chi connectivity index (χ0) is 22.8. The number of carbonyl (C=O) groups is 2. The number of nitrogens with zero attached hydrogens (tertiary/aromatic N) is 2. The van der Waals surface area contributed by atoms with Crippen molar-refractivity contribution in [1.82, 2.24) is 9.88 Å². The van der Waals surface area contributed by atoms with Crippen LogP contribution in [0.4, 0.5) is 0 Å². The molecule has 162 valence electrons. The van der Waals surface area contributed by atoms with Gasteiger partial charge in [0.25, 0.3) is 11.7 Å². The number of amides is 1. The number of Topliss-reactive ketones (excluding diaryl/α,β-unsaturated/α-hetero) is 1. The molecule has 32 heavy (non-hydrogen) atoms. The highest BCUT2D eigenvalue weighted by molar-refractivity contribution is 9.10. The van der Waals surface area contributed by atoms with Crippen LogP contribution < -0.4 is 4.74 Å². The van der Waals surface area contributed by atoms with Gasteiger partial charge in [-0.05, 0) is 60.0 Å². The Labute approximate surface area is 194 Å². The lowest BCUT2D eigenvalue weighted by Crippen LogP contribution is -2.29. The Morgan fingerprint density at radius 1 is 1.16 bits per heavy atom. The Kier molecular flexibility index (Phi) is 6.10. The highest BCUT2D eigenvalue weighted by Crippen LogP contribution is 2.41. The average Bonchev–Trinajstić information content (AvgIpc) is 3.04. The zero-order valence-electron chi connectivity index (χ0n) is 17.6. The molecule has 6 nitrogen and oxygen atoms in total. The van der Waals surface area contributed by atoms with E-state index in [4.69, 9.17) is 4.74 Å². The normalized spacial score (nSPS) is 17.6. The summed E-state index contributed by atoms with van der Waals surface area (Å²) in [6, 6.07) is 15.4. The maximum absolute atomic E-state index is 13.1. The van der Waals surface area contributed by atoms with E-state index in [1.165, 1.54) is 4.90 Å². The van der Waals surface area contributed by atoms with E-state index < -0.39 is 17.7 Å². The summed E-state index contributed by atoms with van der Waals surface area (Å²) in [7, 11) is 1.56. The van der Waals surface area contributed by atoms with Gasteiger partial charge in [0.05, 0.1) is 18.7 Å². The molecule has 0 spiro atoms. The minimum absolute atomic E-state index is 0.0643. The van der Waals surface area contributed by atoms with Gasteiger partial charge in [-0.25, -0.2) is 0 Å². The maximum atomic E-state index is 13.1. The largest absolute Gasteiger partial charge is 0.507 e. The standard InChI is InChI=1S/C25H21BrN2O4/c1-15-12-19(32-2)9-10-20(15)23(29)21-22(17-5-7-18(26)8-6-17)28(25(31)24(21)30)14-16-4-3-11-27-13-16/h3-13,22,29H,14H2,1-2H3/b23-21+/t22-/m1/s1. The van der Waals surface area contributed by atoms with Crippen LogP contribution in [0.5, 0.6) is 5.75 Å². The number of benzene rings is 2. The van der Waals surface area contributed by atoms with Gasteiger partial charge in [0.15, 0.2) is 0 Å². The van der Waals surface area contributed by atoms with Crippen molar-refractivity contribution in [2.45, 2.75) is 19.5 Å². The molecular weight excluding hydrogens is 472 g/mol. The molecule has 1 aliphatic rings. The first kappa shape index (κ1) is 21.8. The smallest absolute Gasteiger partial charge is 0.295 e. The lowest BCUT2D eigenvalue weighted by Gasteiger charge is -2.25. The van der Waals surface area contributed by atoms with E-state index >= 15 is 0 Å². The van der Waals surface area contributed by atoms with Crippen molar-refractivity contribution in [3.8, 4) is 5.75 Å². The minimum Gasteiger partial charge on any atom is -0.507 e.